The van der Waals surface area contributed by atoms with E-state index < -0.39 is 5.95 Å². The molecule has 0 atom stereocenters. The summed E-state index contributed by atoms with van der Waals surface area (Å²) in [6.45, 7) is 14.7. The zero-order valence-corrected chi connectivity index (χ0v) is 58.4. The van der Waals surface area contributed by atoms with Gasteiger partial charge in [0.25, 0.3) is 0 Å². The van der Waals surface area contributed by atoms with E-state index in [-0.39, 0.29) is 5.69 Å². The molecule has 3 aromatic carbocycles. The Morgan fingerprint density at radius 1 is 0.521 bits per heavy atom. The van der Waals surface area contributed by atoms with Crippen molar-refractivity contribution in [1.82, 2.24) is 64.5 Å². The smallest absolute Gasteiger partial charge is 0.236 e. The number of piperazine rings is 2. The van der Waals surface area contributed by atoms with E-state index in [1.54, 1.807) is 24.5 Å². The zero-order chi connectivity index (χ0) is 67.0. The Labute approximate surface area is 585 Å². The van der Waals surface area contributed by atoms with Crippen molar-refractivity contribution < 1.29 is 4.39 Å². The molecule has 20 nitrogen and oxygen atoms in total. The van der Waals surface area contributed by atoms with Crippen LogP contribution >= 0.6 is 59.9 Å². The van der Waals surface area contributed by atoms with Gasteiger partial charge in [-0.05, 0) is 151 Å². The van der Waals surface area contributed by atoms with E-state index in [1.165, 1.54) is 11.1 Å². The Balaban J connectivity index is 0.000000138. The van der Waals surface area contributed by atoms with Gasteiger partial charge in [0.1, 0.15) is 5.82 Å². The molecule has 14 rings (SSSR count). The summed E-state index contributed by atoms with van der Waals surface area (Å²) in [6.07, 6.45) is 15.3. The number of halogens is 3. The molecule has 6 aromatic heterocycles. The summed E-state index contributed by atoms with van der Waals surface area (Å²) in [4.78, 5) is 54.8. The van der Waals surface area contributed by atoms with Gasteiger partial charge in [0.15, 0.2) is 0 Å². The number of aryl methyl sites for hydroxylation is 3. The first-order valence-corrected chi connectivity index (χ1v) is 33.9. The Morgan fingerprint density at radius 3 is 1.55 bits per heavy atom. The molecule has 0 aliphatic carbocycles. The SMILES string of the molecule is CN(C)CCCc1cnc(F)c(Nc2ncc3c(n2)-c2ccc(Cl)cc2NC(=S)C3)c1.CN1CCN(c2ccc(Nc3ncc4c(n3)-c3ccc(Cl)cc3NC(=S)C4)cn2)CC1.Cc1ccc2c(c1)NC(=S)Cc1cnc(Nc3cc(CCN4CCN(C)CC4)cnc3C)nc1-2. The van der Waals surface area contributed by atoms with Gasteiger partial charge >= 0.3 is 0 Å². The monoisotopic (exact) mass is 1380 g/mol. The fraction of sp³-hybridized carbons (Fsp3) is 0.314. The molecule has 96 heavy (non-hydrogen) atoms. The van der Waals surface area contributed by atoms with Crippen molar-refractivity contribution in [2.45, 2.75) is 52.4 Å². The summed E-state index contributed by atoms with van der Waals surface area (Å²) >= 11 is 28.7. The number of aromatic nitrogens is 9. The fourth-order valence-corrected chi connectivity index (χ4v) is 12.9. The van der Waals surface area contributed by atoms with Crippen LogP contribution in [0.4, 0.5) is 62.2 Å². The first-order valence-electron chi connectivity index (χ1n) is 31.9. The molecule has 26 heteroatoms. The summed E-state index contributed by atoms with van der Waals surface area (Å²) in [6, 6.07) is 25.5. The standard InChI is InChI=1S/C26H31N7S.C22H22ClFN6S.C22H22ClN7S/c1-17-4-5-21-23(12-17)29-24(34)14-20-16-28-26(31-25(20)21)30-22-13-19(15-27-18(22)2)6-7-33-10-8-32(3)9-11-33;1-30(2)7-3-4-13-8-18(21(24)25-11-13)28-22-26-12-14-9-19(31)27-17-10-15(23)5-6-16(17)20(14)29-22;1-29-6-8-30(9-7-29)19-5-3-16(13-24-19)26-22-25-12-14-10-20(31)27-18-11-15(23)2-4-17(18)21(14)28-22/h4-5,12-13,15-16H,6-11,14H2,1-3H3,(H,29,34)(H,28,30,31);5-6,8,10-12H,3-4,7,9H2,1-2H3,(H,27,31)(H,26,28,29);2-5,11-13H,6-10H2,1H3,(H,27,31)(H,25,26,28). The van der Waals surface area contributed by atoms with Crippen LogP contribution in [0.25, 0.3) is 33.8 Å². The highest BCUT2D eigenvalue weighted by Crippen LogP contribution is 2.38. The predicted molar refractivity (Wildman–Crippen MR) is 398 cm³/mol. The summed E-state index contributed by atoms with van der Waals surface area (Å²) in [5, 5.41) is 20.8. The van der Waals surface area contributed by atoms with Crippen LogP contribution in [-0.2, 0) is 32.1 Å². The molecule has 6 N–H and O–H groups in total. The highest BCUT2D eigenvalue weighted by atomic mass is 35.5. The van der Waals surface area contributed by atoms with Crippen molar-refractivity contribution in [1.29, 1.82) is 0 Å². The lowest BCUT2D eigenvalue weighted by atomic mass is 10.0. The second-order valence-corrected chi connectivity index (χ2v) is 27.2. The quantitative estimate of drug-likeness (QED) is 0.0442. The Kier molecular flexibility index (Phi) is 21.6. The Bertz CT molecular complexity index is 4360. The number of fused-ring (bicyclic) bond motifs is 9. The minimum atomic E-state index is -0.593. The van der Waals surface area contributed by atoms with Gasteiger partial charge in [-0.25, -0.2) is 39.9 Å². The van der Waals surface area contributed by atoms with E-state index in [4.69, 9.17) is 69.8 Å². The van der Waals surface area contributed by atoms with Gasteiger partial charge in [0.05, 0.1) is 61.0 Å². The van der Waals surface area contributed by atoms with Crippen LogP contribution in [0.15, 0.2) is 116 Å². The Morgan fingerprint density at radius 2 is 1.01 bits per heavy atom. The van der Waals surface area contributed by atoms with Crippen molar-refractivity contribution in [2.24, 2.45) is 0 Å². The van der Waals surface area contributed by atoms with E-state index in [2.05, 4.69) is 137 Å². The molecule has 5 aliphatic heterocycles. The van der Waals surface area contributed by atoms with E-state index in [9.17, 15) is 4.39 Å². The van der Waals surface area contributed by atoms with Gasteiger partial charge in [0, 0.05) is 170 Å². The summed E-state index contributed by atoms with van der Waals surface area (Å²) < 4.78 is 14.4. The largest absolute Gasteiger partial charge is 0.354 e. The topological polar surface area (TPSA) is 204 Å². The summed E-state index contributed by atoms with van der Waals surface area (Å²) in [5.74, 6) is 1.77. The maximum atomic E-state index is 14.4. The summed E-state index contributed by atoms with van der Waals surface area (Å²) in [5.41, 5.74) is 17.2. The predicted octanol–water partition coefficient (Wildman–Crippen LogP) is 12.8. The molecule has 494 valence electrons. The lowest BCUT2D eigenvalue weighted by Crippen LogP contribution is -2.45. The molecular weight excluding hydrogens is 1310 g/mol. The number of nitrogens with zero attached hydrogens (tertiary/aromatic N) is 14. The molecular formula is C70H75Cl2FN20S3. The van der Waals surface area contributed by atoms with Crippen molar-refractivity contribution in [3.05, 3.63) is 171 Å². The second kappa shape index (κ2) is 30.8. The Hall–Kier alpha value is -8.43. The number of benzene rings is 3. The number of pyridine rings is 3. The van der Waals surface area contributed by atoms with Gasteiger partial charge in [-0.3, -0.25) is 4.98 Å². The molecule has 2 fully saturated rings. The van der Waals surface area contributed by atoms with Crippen molar-refractivity contribution in [3.63, 3.8) is 0 Å². The van der Waals surface area contributed by atoms with Crippen LogP contribution in [0.2, 0.25) is 10.0 Å². The number of hydrogen-bond donors (Lipinski definition) is 6. The second-order valence-electron chi connectivity index (χ2n) is 24.8. The van der Waals surface area contributed by atoms with Crippen LogP contribution in [0.3, 0.4) is 0 Å². The zero-order valence-electron chi connectivity index (χ0n) is 54.4. The van der Waals surface area contributed by atoms with Crippen LogP contribution in [0.1, 0.15) is 45.5 Å². The maximum Gasteiger partial charge on any atom is 0.236 e. The van der Waals surface area contributed by atoms with E-state index in [0.29, 0.717) is 52.1 Å². The molecule has 9 aromatic rings. The number of anilines is 10. The number of nitrogens with one attached hydrogen (secondary N) is 6. The normalized spacial score (nSPS) is 15.1. The van der Waals surface area contributed by atoms with E-state index >= 15 is 0 Å². The molecule has 0 unspecified atom stereocenters. The van der Waals surface area contributed by atoms with Crippen LogP contribution in [0.5, 0.6) is 0 Å². The van der Waals surface area contributed by atoms with Crippen molar-refractivity contribution in [3.8, 4) is 33.8 Å². The van der Waals surface area contributed by atoms with E-state index in [1.807, 2.05) is 88.3 Å². The van der Waals surface area contributed by atoms with Crippen LogP contribution in [-0.4, -0.2) is 173 Å². The van der Waals surface area contributed by atoms with Crippen LogP contribution in [0, 0.1) is 19.8 Å². The first kappa shape index (κ1) is 67.5. The van der Waals surface area contributed by atoms with Crippen molar-refractivity contribution in [2.75, 3.05) is 130 Å². The number of rotatable bonds is 14. The van der Waals surface area contributed by atoms with Gasteiger partial charge in [-0.1, -0.05) is 72.0 Å². The fourth-order valence-electron chi connectivity index (χ4n) is 11.8. The molecule has 5 aliphatic rings. The maximum absolute atomic E-state index is 14.4. The lowest BCUT2D eigenvalue weighted by Gasteiger charge is -2.33. The first-order chi connectivity index (χ1) is 46.4. The molecule has 0 saturated carbocycles. The summed E-state index contributed by atoms with van der Waals surface area (Å²) in [7, 11) is 8.39. The number of likely N-dealkylation sites (N-methyl/N-ethyl adjacent to an activating group) is 2. The minimum Gasteiger partial charge on any atom is -0.354 e. The lowest BCUT2D eigenvalue weighted by molar-refractivity contribution is 0.155. The molecule has 0 radical (unpaired) electrons. The average Bonchev–Trinajstić information content (AvgIpc) is 1.57. The van der Waals surface area contributed by atoms with Crippen LogP contribution < -0.4 is 36.8 Å². The third-order valence-corrected chi connectivity index (χ3v) is 18.3. The molecule has 11 heterocycles. The third-order valence-electron chi connectivity index (χ3n) is 17.1. The van der Waals surface area contributed by atoms with Gasteiger partial charge in [0.2, 0.25) is 23.8 Å². The van der Waals surface area contributed by atoms with Gasteiger partial charge < -0.3 is 56.4 Å². The van der Waals surface area contributed by atoms with Gasteiger partial charge in [-0.2, -0.15) is 4.39 Å². The third kappa shape index (κ3) is 17.2. The number of thiocarbonyl (C=S) groups is 3. The molecule has 0 amide bonds. The average molecular weight is 1380 g/mol. The minimum absolute atomic E-state index is 0.251. The highest BCUT2D eigenvalue weighted by molar-refractivity contribution is 7.81. The van der Waals surface area contributed by atoms with E-state index in [0.717, 1.165) is 191 Å². The van der Waals surface area contributed by atoms with Gasteiger partial charge in [-0.15, -0.1) is 0 Å². The molecule has 0 spiro atoms. The highest BCUT2D eigenvalue weighted by Gasteiger charge is 2.25. The molecule has 0 bridgehead atoms. The molecule has 2 saturated heterocycles. The number of hydrogen-bond acceptors (Lipinski definition) is 20. The van der Waals surface area contributed by atoms with Crippen molar-refractivity contribution >= 4 is 133 Å².